The molecule has 3 atom stereocenters. The van der Waals surface area contributed by atoms with Crippen LogP contribution in [-0.4, -0.2) is 23.4 Å². The molecule has 0 spiro atoms. The summed E-state index contributed by atoms with van der Waals surface area (Å²) in [6.45, 7) is 4.48. The molecule has 4 heteroatoms. The van der Waals surface area contributed by atoms with Gasteiger partial charge in [-0.25, -0.2) is 0 Å². The molecule has 2 fully saturated rings. The van der Waals surface area contributed by atoms with E-state index in [0.29, 0.717) is 5.92 Å². The Morgan fingerprint density at radius 3 is 2.48 bits per heavy atom. The van der Waals surface area contributed by atoms with E-state index in [1.807, 2.05) is 31.2 Å². The molecule has 1 saturated carbocycles. The molecule has 1 aliphatic heterocycles. The zero-order chi connectivity index (χ0) is 15.0. The van der Waals surface area contributed by atoms with Crippen molar-refractivity contribution < 1.29 is 9.59 Å². The van der Waals surface area contributed by atoms with E-state index in [0.717, 1.165) is 24.9 Å². The van der Waals surface area contributed by atoms with Crippen LogP contribution in [0.15, 0.2) is 24.3 Å². The van der Waals surface area contributed by atoms with Crippen LogP contribution < -0.4 is 5.32 Å². The molecule has 1 heterocycles. The van der Waals surface area contributed by atoms with E-state index in [1.165, 1.54) is 10.5 Å². The maximum atomic E-state index is 12.4. The van der Waals surface area contributed by atoms with Gasteiger partial charge in [0.2, 0.25) is 11.8 Å². The average molecular weight is 286 g/mol. The molecule has 21 heavy (non-hydrogen) atoms. The van der Waals surface area contributed by atoms with Gasteiger partial charge in [-0.15, -0.1) is 0 Å². The minimum atomic E-state index is -0.0823. The lowest BCUT2D eigenvalue weighted by atomic mass is 9.76. The maximum Gasteiger partial charge on any atom is 0.234 e. The molecular formula is C17H22N2O2. The van der Waals surface area contributed by atoms with Crippen molar-refractivity contribution in [1.29, 1.82) is 0 Å². The second kappa shape index (κ2) is 5.51. The Morgan fingerprint density at radius 1 is 1.10 bits per heavy atom. The first-order chi connectivity index (χ1) is 10.1. The lowest BCUT2D eigenvalue weighted by Gasteiger charge is -2.25. The van der Waals surface area contributed by atoms with E-state index in [2.05, 4.69) is 12.2 Å². The summed E-state index contributed by atoms with van der Waals surface area (Å²) < 4.78 is 0. The van der Waals surface area contributed by atoms with Gasteiger partial charge in [0.25, 0.3) is 0 Å². The van der Waals surface area contributed by atoms with Gasteiger partial charge in [-0.1, -0.05) is 24.6 Å². The minimum absolute atomic E-state index is 0.0103. The van der Waals surface area contributed by atoms with Gasteiger partial charge in [-0.3, -0.25) is 14.5 Å². The quantitative estimate of drug-likeness (QED) is 0.869. The largest absolute Gasteiger partial charge is 0.367 e. The van der Waals surface area contributed by atoms with Crippen LogP contribution in [0.5, 0.6) is 0 Å². The Balaban J connectivity index is 1.67. The van der Waals surface area contributed by atoms with Gasteiger partial charge in [-0.2, -0.15) is 0 Å². The number of likely N-dealkylation sites (tertiary alicyclic amines) is 1. The molecule has 1 aromatic rings. The van der Waals surface area contributed by atoms with Crippen LogP contribution in [0.4, 0.5) is 5.69 Å². The number of nitrogens with one attached hydrogen (secondary N) is 1. The van der Waals surface area contributed by atoms with Gasteiger partial charge >= 0.3 is 0 Å². The van der Waals surface area contributed by atoms with Crippen LogP contribution in [0.2, 0.25) is 0 Å². The van der Waals surface area contributed by atoms with Crippen molar-refractivity contribution >= 4 is 17.5 Å². The Labute approximate surface area is 125 Å². The molecule has 2 aliphatic rings. The number of benzene rings is 1. The zero-order valence-electron chi connectivity index (χ0n) is 12.6. The number of amides is 2. The summed E-state index contributed by atoms with van der Waals surface area (Å²) in [5, 5.41) is 3.18. The van der Waals surface area contributed by atoms with Crippen molar-refractivity contribution in [1.82, 2.24) is 4.90 Å². The molecule has 112 valence electrons. The number of carbonyl (C=O) groups is 2. The van der Waals surface area contributed by atoms with Gasteiger partial charge in [0.05, 0.1) is 18.5 Å². The number of fused-ring (bicyclic) bond motifs is 1. The number of anilines is 1. The number of hydrogen-bond acceptors (Lipinski definition) is 3. The fourth-order valence-corrected chi connectivity index (χ4v) is 3.46. The standard InChI is InChI=1S/C17H22N2O2/c1-11-3-6-13(7-4-11)18-10-19-16(20)14-8-5-12(2)9-15(14)17(19)21/h3-4,6-7,12,14-15,18H,5,8-10H2,1-2H3/t12-,14-,15-/m0/s1. The predicted octanol–water partition coefficient (Wildman–Crippen LogP) is 2.79. The van der Waals surface area contributed by atoms with Gasteiger partial charge < -0.3 is 5.32 Å². The van der Waals surface area contributed by atoms with E-state index < -0.39 is 0 Å². The molecule has 0 aromatic heterocycles. The fourth-order valence-electron chi connectivity index (χ4n) is 3.46. The monoisotopic (exact) mass is 286 g/mol. The van der Waals surface area contributed by atoms with Crippen LogP contribution in [0.1, 0.15) is 31.7 Å². The average Bonchev–Trinajstić information content (AvgIpc) is 2.70. The summed E-state index contributed by atoms with van der Waals surface area (Å²) in [6.07, 6.45) is 2.77. The number of imide groups is 1. The highest BCUT2D eigenvalue weighted by Gasteiger charge is 2.49. The second-order valence-electron chi connectivity index (χ2n) is 6.44. The smallest absolute Gasteiger partial charge is 0.234 e. The first kappa shape index (κ1) is 14.1. The molecule has 0 radical (unpaired) electrons. The number of aryl methyl sites for hydroxylation is 1. The van der Waals surface area contributed by atoms with E-state index in [1.54, 1.807) is 0 Å². The van der Waals surface area contributed by atoms with Crippen LogP contribution in [0.25, 0.3) is 0 Å². The molecule has 1 saturated heterocycles. The van der Waals surface area contributed by atoms with E-state index in [9.17, 15) is 9.59 Å². The zero-order valence-corrected chi connectivity index (χ0v) is 12.6. The van der Waals surface area contributed by atoms with Crippen molar-refractivity contribution in [2.75, 3.05) is 12.0 Å². The molecule has 1 aliphatic carbocycles. The van der Waals surface area contributed by atoms with Crippen LogP contribution in [0.3, 0.4) is 0 Å². The number of nitrogens with zero attached hydrogens (tertiary/aromatic N) is 1. The SMILES string of the molecule is Cc1ccc(NCN2C(=O)[C@H]3CC[C@H](C)C[C@@H]3C2=O)cc1. The number of rotatable bonds is 3. The molecule has 0 unspecified atom stereocenters. The molecular weight excluding hydrogens is 264 g/mol. The summed E-state index contributed by atoms with van der Waals surface area (Å²) >= 11 is 0. The van der Waals surface area contributed by atoms with Crippen molar-refractivity contribution in [3.8, 4) is 0 Å². The van der Waals surface area contributed by atoms with E-state index in [-0.39, 0.29) is 30.3 Å². The van der Waals surface area contributed by atoms with E-state index in [4.69, 9.17) is 0 Å². The molecule has 4 nitrogen and oxygen atoms in total. The predicted molar refractivity (Wildman–Crippen MR) is 81.5 cm³/mol. The Morgan fingerprint density at radius 2 is 1.76 bits per heavy atom. The van der Waals surface area contributed by atoms with Crippen LogP contribution in [-0.2, 0) is 9.59 Å². The van der Waals surface area contributed by atoms with Gasteiger partial charge in [0.15, 0.2) is 0 Å². The summed E-state index contributed by atoms with van der Waals surface area (Å²) in [5.41, 5.74) is 2.12. The third-order valence-electron chi connectivity index (χ3n) is 4.77. The van der Waals surface area contributed by atoms with Crippen molar-refractivity contribution in [2.45, 2.75) is 33.1 Å². The Hall–Kier alpha value is -1.84. The highest BCUT2D eigenvalue weighted by molar-refractivity contribution is 6.05. The fraction of sp³-hybridized carbons (Fsp3) is 0.529. The number of hydrogen-bond donors (Lipinski definition) is 1. The number of carbonyl (C=O) groups excluding carboxylic acids is 2. The highest BCUT2D eigenvalue weighted by atomic mass is 16.2. The summed E-state index contributed by atoms with van der Waals surface area (Å²) in [4.78, 5) is 26.2. The van der Waals surface area contributed by atoms with Gasteiger partial charge in [0, 0.05) is 5.69 Å². The molecule has 1 aromatic carbocycles. The van der Waals surface area contributed by atoms with E-state index >= 15 is 0 Å². The molecule has 1 N–H and O–H groups in total. The lowest BCUT2D eigenvalue weighted by Crippen LogP contribution is -2.35. The van der Waals surface area contributed by atoms with Gasteiger partial charge in [0.1, 0.15) is 0 Å². The minimum Gasteiger partial charge on any atom is -0.367 e. The molecule has 3 rings (SSSR count). The summed E-state index contributed by atoms with van der Waals surface area (Å²) in [7, 11) is 0. The van der Waals surface area contributed by atoms with Crippen molar-refractivity contribution in [2.24, 2.45) is 17.8 Å². The normalized spacial score (nSPS) is 28.7. The Bertz CT molecular complexity index is 552. The highest BCUT2D eigenvalue weighted by Crippen LogP contribution is 2.40. The maximum absolute atomic E-state index is 12.4. The second-order valence-corrected chi connectivity index (χ2v) is 6.44. The Kier molecular flexibility index (Phi) is 3.70. The van der Waals surface area contributed by atoms with Crippen LogP contribution in [0, 0.1) is 24.7 Å². The first-order valence-corrected chi connectivity index (χ1v) is 7.72. The third-order valence-corrected chi connectivity index (χ3v) is 4.77. The van der Waals surface area contributed by atoms with Crippen molar-refractivity contribution in [3.05, 3.63) is 29.8 Å². The summed E-state index contributed by atoms with van der Waals surface area (Å²) in [5.74, 6) is 0.412. The van der Waals surface area contributed by atoms with Gasteiger partial charge in [-0.05, 0) is 44.2 Å². The molecule has 0 bridgehead atoms. The molecule has 2 amide bonds. The first-order valence-electron chi connectivity index (χ1n) is 7.72. The topological polar surface area (TPSA) is 49.4 Å². The van der Waals surface area contributed by atoms with Crippen molar-refractivity contribution in [3.63, 3.8) is 0 Å². The lowest BCUT2D eigenvalue weighted by molar-refractivity contribution is -0.139. The summed E-state index contributed by atoms with van der Waals surface area (Å²) in [6, 6.07) is 7.96. The third kappa shape index (κ3) is 2.67. The van der Waals surface area contributed by atoms with Crippen LogP contribution >= 0.6 is 0 Å².